The summed E-state index contributed by atoms with van der Waals surface area (Å²) in [7, 11) is 3.37. The fourth-order valence-electron chi connectivity index (χ4n) is 2.95. The molecule has 3 aromatic rings. The summed E-state index contributed by atoms with van der Waals surface area (Å²) in [5.41, 5.74) is 2.33. The first-order chi connectivity index (χ1) is 14.6. The molecule has 0 saturated carbocycles. The fraction of sp³-hybridized carbons (Fsp3) is 0.167. The van der Waals surface area contributed by atoms with E-state index in [1.807, 2.05) is 60.7 Å². The minimum Gasteiger partial charge on any atom is -0.497 e. The molecular weight excluding hydrogens is 396 g/mol. The van der Waals surface area contributed by atoms with Crippen LogP contribution in [0.2, 0.25) is 0 Å². The van der Waals surface area contributed by atoms with Crippen molar-refractivity contribution in [3.05, 3.63) is 90.0 Å². The molecule has 0 radical (unpaired) electrons. The van der Waals surface area contributed by atoms with Gasteiger partial charge < -0.3 is 15.0 Å². The van der Waals surface area contributed by atoms with Gasteiger partial charge >= 0.3 is 0 Å². The van der Waals surface area contributed by atoms with Crippen molar-refractivity contribution in [1.82, 2.24) is 4.90 Å². The molecule has 2 amide bonds. The number of hydrogen-bond acceptors (Lipinski definition) is 4. The van der Waals surface area contributed by atoms with E-state index in [2.05, 4.69) is 5.32 Å². The van der Waals surface area contributed by atoms with Crippen LogP contribution in [0.15, 0.2) is 83.8 Å². The second kappa shape index (κ2) is 10.5. The lowest BCUT2D eigenvalue weighted by atomic mass is 10.1. The van der Waals surface area contributed by atoms with Crippen molar-refractivity contribution in [3.63, 3.8) is 0 Å². The van der Waals surface area contributed by atoms with E-state index in [1.165, 1.54) is 11.8 Å². The number of hydrogen-bond donors (Lipinski definition) is 1. The average molecular weight is 421 g/mol. The Kier molecular flexibility index (Phi) is 7.51. The quantitative estimate of drug-likeness (QED) is 0.537. The van der Waals surface area contributed by atoms with Gasteiger partial charge in [-0.2, -0.15) is 0 Å². The highest BCUT2D eigenvalue weighted by molar-refractivity contribution is 8.00. The SMILES string of the molecule is COc1cccc(NC(=O)CSc2ccccc2C(=O)N(C)Cc2ccccc2)c1. The van der Waals surface area contributed by atoms with Crippen LogP contribution in [0.4, 0.5) is 5.69 Å². The van der Waals surface area contributed by atoms with Crippen molar-refractivity contribution in [2.75, 3.05) is 25.2 Å². The Balaban J connectivity index is 1.63. The van der Waals surface area contributed by atoms with E-state index in [-0.39, 0.29) is 17.6 Å². The third kappa shape index (κ3) is 5.87. The molecule has 0 unspecified atom stereocenters. The molecule has 0 spiro atoms. The lowest BCUT2D eigenvalue weighted by Gasteiger charge is -2.19. The summed E-state index contributed by atoms with van der Waals surface area (Å²) >= 11 is 1.35. The zero-order valence-electron chi connectivity index (χ0n) is 17.0. The van der Waals surface area contributed by atoms with E-state index in [9.17, 15) is 9.59 Å². The molecule has 0 aliphatic rings. The first kappa shape index (κ1) is 21.5. The maximum absolute atomic E-state index is 13.0. The summed E-state index contributed by atoms with van der Waals surface area (Å²) in [6.45, 7) is 0.523. The molecule has 0 saturated heterocycles. The molecular formula is C24H24N2O3S. The summed E-state index contributed by atoms with van der Waals surface area (Å²) in [4.78, 5) is 27.8. The minimum absolute atomic E-state index is 0.0739. The van der Waals surface area contributed by atoms with Gasteiger partial charge in [0.25, 0.3) is 5.91 Å². The normalized spacial score (nSPS) is 10.3. The van der Waals surface area contributed by atoms with Crippen molar-refractivity contribution in [3.8, 4) is 5.75 Å². The Hall–Kier alpha value is -3.25. The molecule has 5 nitrogen and oxygen atoms in total. The van der Waals surface area contributed by atoms with E-state index in [1.54, 1.807) is 37.3 Å². The van der Waals surface area contributed by atoms with E-state index in [4.69, 9.17) is 4.74 Å². The van der Waals surface area contributed by atoms with Gasteiger partial charge in [0, 0.05) is 30.2 Å². The summed E-state index contributed by atoms with van der Waals surface area (Å²) in [5.74, 6) is 0.658. The van der Waals surface area contributed by atoms with Gasteiger partial charge in [-0.15, -0.1) is 11.8 Å². The highest BCUT2D eigenvalue weighted by Crippen LogP contribution is 2.25. The lowest BCUT2D eigenvalue weighted by molar-refractivity contribution is -0.113. The zero-order chi connectivity index (χ0) is 21.3. The van der Waals surface area contributed by atoms with E-state index >= 15 is 0 Å². The Bertz CT molecular complexity index is 1010. The van der Waals surface area contributed by atoms with Crippen LogP contribution in [-0.4, -0.2) is 36.6 Å². The van der Waals surface area contributed by atoms with Crippen LogP contribution in [-0.2, 0) is 11.3 Å². The molecule has 154 valence electrons. The monoisotopic (exact) mass is 420 g/mol. The van der Waals surface area contributed by atoms with Gasteiger partial charge in [0.15, 0.2) is 0 Å². The number of thioether (sulfide) groups is 1. The smallest absolute Gasteiger partial charge is 0.255 e. The summed E-state index contributed by atoms with van der Waals surface area (Å²) in [6.07, 6.45) is 0. The van der Waals surface area contributed by atoms with Crippen molar-refractivity contribution in [2.45, 2.75) is 11.4 Å². The summed E-state index contributed by atoms with van der Waals surface area (Å²) in [6, 6.07) is 24.4. The van der Waals surface area contributed by atoms with Crippen molar-refractivity contribution >= 4 is 29.3 Å². The Labute approximate surface area is 181 Å². The molecule has 0 atom stereocenters. The standard InChI is InChI=1S/C24H24N2O3S/c1-26(16-18-9-4-3-5-10-18)24(28)21-13-6-7-14-22(21)30-17-23(27)25-19-11-8-12-20(15-19)29-2/h3-15H,16-17H2,1-2H3,(H,25,27). The molecule has 0 bridgehead atoms. The van der Waals surface area contributed by atoms with Crippen LogP contribution in [0.25, 0.3) is 0 Å². The van der Waals surface area contributed by atoms with Crippen LogP contribution in [0, 0.1) is 0 Å². The first-order valence-corrected chi connectivity index (χ1v) is 10.5. The van der Waals surface area contributed by atoms with Crippen molar-refractivity contribution in [2.24, 2.45) is 0 Å². The molecule has 0 fully saturated rings. The Morgan fingerprint density at radius 2 is 1.70 bits per heavy atom. The maximum atomic E-state index is 13.0. The first-order valence-electron chi connectivity index (χ1n) is 9.52. The van der Waals surface area contributed by atoms with Gasteiger partial charge in [-0.05, 0) is 29.8 Å². The number of benzene rings is 3. The van der Waals surface area contributed by atoms with E-state index in [0.29, 0.717) is 23.5 Å². The number of methoxy groups -OCH3 is 1. The number of anilines is 1. The van der Waals surface area contributed by atoms with Gasteiger partial charge in [-0.3, -0.25) is 9.59 Å². The van der Waals surface area contributed by atoms with E-state index < -0.39 is 0 Å². The highest BCUT2D eigenvalue weighted by atomic mass is 32.2. The van der Waals surface area contributed by atoms with E-state index in [0.717, 1.165) is 10.5 Å². The average Bonchev–Trinajstić information content (AvgIpc) is 2.78. The molecule has 1 N–H and O–H groups in total. The van der Waals surface area contributed by atoms with Gasteiger partial charge in [0.1, 0.15) is 5.75 Å². The van der Waals surface area contributed by atoms with Crippen LogP contribution in [0.1, 0.15) is 15.9 Å². The minimum atomic E-state index is -0.145. The maximum Gasteiger partial charge on any atom is 0.255 e. The Morgan fingerprint density at radius 3 is 2.47 bits per heavy atom. The number of rotatable bonds is 8. The highest BCUT2D eigenvalue weighted by Gasteiger charge is 2.17. The number of ether oxygens (including phenoxy) is 1. The van der Waals surface area contributed by atoms with Gasteiger partial charge in [0.2, 0.25) is 5.91 Å². The molecule has 3 rings (SSSR count). The summed E-state index contributed by atoms with van der Waals surface area (Å²) in [5, 5.41) is 2.86. The number of amides is 2. The molecule has 30 heavy (non-hydrogen) atoms. The number of nitrogens with zero attached hydrogens (tertiary/aromatic N) is 1. The topological polar surface area (TPSA) is 58.6 Å². The van der Waals surface area contributed by atoms with Crippen molar-refractivity contribution in [1.29, 1.82) is 0 Å². The van der Waals surface area contributed by atoms with Crippen LogP contribution < -0.4 is 10.1 Å². The Morgan fingerprint density at radius 1 is 0.967 bits per heavy atom. The third-order valence-electron chi connectivity index (χ3n) is 4.44. The second-order valence-electron chi connectivity index (χ2n) is 6.71. The van der Waals surface area contributed by atoms with Crippen LogP contribution in [0.3, 0.4) is 0 Å². The van der Waals surface area contributed by atoms with Gasteiger partial charge in [-0.25, -0.2) is 0 Å². The van der Waals surface area contributed by atoms with Crippen LogP contribution in [0.5, 0.6) is 5.75 Å². The molecule has 6 heteroatoms. The second-order valence-corrected chi connectivity index (χ2v) is 7.73. The van der Waals surface area contributed by atoms with Crippen molar-refractivity contribution < 1.29 is 14.3 Å². The predicted octanol–water partition coefficient (Wildman–Crippen LogP) is 4.70. The fourth-order valence-corrected chi connectivity index (χ4v) is 3.79. The number of nitrogens with one attached hydrogen (secondary N) is 1. The zero-order valence-corrected chi connectivity index (χ0v) is 17.8. The number of carbonyl (C=O) groups is 2. The molecule has 0 aliphatic heterocycles. The lowest BCUT2D eigenvalue weighted by Crippen LogP contribution is -2.26. The summed E-state index contributed by atoms with van der Waals surface area (Å²) < 4.78 is 5.17. The molecule has 0 heterocycles. The molecule has 0 aromatic heterocycles. The molecule has 0 aliphatic carbocycles. The number of carbonyl (C=O) groups excluding carboxylic acids is 2. The predicted molar refractivity (Wildman–Crippen MR) is 121 cm³/mol. The van der Waals surface area contributed by atoms with Gasteiger partial charge in [0.05, 0.1) is 18.4 Å². The molecule has 3 aromatic carbocycles. The van der Waals surface area contributed by atoms with Gasteiger partial charge in [-0.1, -0.05) is 48.5 Å². The largest absolute Gasteiger partial charge is 0.497 e. The van der Waals surface area contributed by atoms with Crippen LogP contribution >= 0.6 is 11.8 Å². The third-order valence-corrected chi connectivity index (χ3v) is 5.51.